The lowest BCUT2D eigenvalue weighted by molar-refractivity contribution is 0.427. The molecule has 4 heteroatoms. The quantitative estimate of drug-likeness (QED) is 0.886. The molecule has 0 bridgehead atoms. The molecule has 19 heavy (non-hydrogen) atoms. The molecule has 1 aliphatic heterocycles. The van der Waals surface area contributed by atoms with Crippen LogP contribution in [0.3, 0.4) is 0 Å². The molecule has 1 N–H and O–H groups in total. The highest BCUT2D eigenvalue weighted by Crippen LogP contribution is 2.24. The van der Waals surface area contributed by atoms with Gasteiger partial charge >= 0.3 is 0 Å². The zero-order valence-electron chi connectivity index (χ0n) is 12.8. The average Bonchev–Trinajstić information content (AvgIpc) is 2.70. The first-order chi connectivity index (χ1) is 9.11. The van der Waals surface area contributed by atoms with Gasteiger partial charge in [-0.15, -0.1) is 0 Å². The maximum atomic E-state index is 4.78. The van der Waals surface area contributed by atoms with Gasteiger partial charge in [0.1, 0.15) is 0 Å². The number of imidazole rings is 1. The van der Waals surface area contributed by atoms with E-state index in [1.165, 1.54) is 25.2 Å². The monoisotopic (exact) mass is 264 g/mol. The van der Waals surface area contributed by atoms with Crippen LogP contribution in [0.1, 0.15) is 38.8 Å². The lowest BCUT2D eigenvalue weighted by atomic mass is 10.0. The standard InChI is InChI=1S/C15H28N4/c1-12(2)10-18-11-13(3)17-15(18)19-8-6-5-7-14(19)9-16-4/h11-12,14,16H,5-10H2,1-4H3. The maximum absolute atomic E-state index is 4.78. The predicted molar refractivity (Wildman–Crippen MR) is 80.7 cm³/mol. The first kappa shape index (κ1) is 14.4. The molecule has 0 aromatic carbocycles. The number of rotatable bonds is 5. The number of nitrogens with zero attached hydrogens (tertiary/aromatic N) is 3. The highest BCUT2D eigenvalue weighted by molar-refractivity contribution is 5.36. The van der Waals surface area contributed by atoms with Crippen molar-refractivity contribution >= 4 is 5.95 Å². The van der Waals surface area contributed by atoms with E-state index >= 15 is 0 Å². The van der Waals surface area contributed by atoms with Gasteiger partial charge in [0.15, 0.2) is 0 Å². The van der Waals surface area contributed by atoms with Crippen LogP contribution in [-0.4, -0.2) is 35.7 Å². The average molecular weight is 264 g/mol. The number of piperidine rings is 1. The summed E-state index contributed by atoms with van der Waals surface area (Å²) in [7, 11) is 2.04. The summed E-state index contributed by atoms with van der Waals surface area (Å²) in [5.41, 5.74) is 1.13. The number of aromatic nitrogens is 2. The van der Waals surface area contributed by atoms with E-state index in [1.54, 1.807) is 0 Å². The van der Waals surface area contributed by atoms with Crippen molar-refractivity contribution < 1.29 is 0 Å². The number of nitrogens with one attached hydrogen (secondary N) is 1. The Morgan fingerprint density at radius 3 is 2.89 bits per heavy atom. The van der Waals surface area contributed by atoms with Crippen LogP contribution in [0.15, 0.2) is 6.20 Å². The Balaban J connectivity index is 2.22. The number of hydrogen-bond acceptors (Lipinski definition) is 3. The van der Waals surface area contributed by atoms with Gasteiger partial charge in [0.05, 0.1) is 5.69 Å². The van der Waals surface area contributed by atoms with Gasteiger partial charge in [0.25, 0.3) is 0 Å². The second-order valence-electron chi connectivity index (χ2n) is 6.13. The molecule has 1 unspecified atom stereocenters. The fourth-order valence-electron chi connectivity index (χ4n) is 3.00. The molecule has 108 valence electrons. The first-order valence-electron chi connectivity index (χ1n) is 7.56. The summed E-state index contributed by atoms with van der Waals surface area (Å²) in [6.45, 7) is 9.87. The molecule has 0 aliphatic carbocycles. The molecule has 1 atom stereocenters. The van der Waals surface area contributed by atoms with Gasteiger partial charge in [-0.25, -0.2) is 4.98 Å². The van der Waals surface area contributed by atoms with Gasteiger partial charge in [0.2, 0.25) is 5.95 Å². The van der Waals surface area contributed by atoms with Crippen molar-refractivity contribution in [3.8, 4) is 0 Å². The Labute approximate surface area is 117 Å². The Hall–Kier alpha value is -1.03. The summed E-state index contributed by atoms with van der Waals surface area (Å²) >= 11 is 0. The molecular formula is C15H28N4. The van der Waals surface area contributed by atoms with Crippen LogP contribution in [0.25, 0.3) is 0 Å². The highest BCUT2D eigenvalue weighted by atomic mass is 15.3. The molecule has 1 aromatic rings. The van der Waals surface area contributed by atoms with Gasteiger partial charge in [0, 0.05) is 31.9 Å². The van der Waals surface area contributed by atoms with Crippen LogP contribution in [0.4, 0.5) is 5.95 Å². The molecule has 1 aliphatic rings. The van der Waals surface area contributed by atoms with Gasteiger partial charge in [-0.3, -0.25) is 0 Å². The van der Waals surface area contributed by atoms with Crippen LogP contribution >= 0.6 is 0 Å². The largest absolute Gasteiger partial charge is 0.338 e. The van der Waals surface area contributed by atoms with E-state index < -0.39 is 0 Å². The SMILES string of the molecule is CNCC1CCCCN1c1nc(C)cn1CC(C)C. The van der Waals surface area contributed by atoms with E-state index in [4.69, 9.17) is 4.98 Å². The highest BCUT2D eigenvalue weighted by Gasteiger charge is 2.25. The van der Waals surface area contributed by atoms with Crippen molar-refractivity contribution in [2.75, 3.05) is 25.0 Å². The van der Waals surface area contributed by atoms with Gasteiger partial charge in [-0.1, -0.05) is 13.8 Å². The Kier molecular flexibility index (Phi) is 4.86. The Morgan fingerprint density at radius 2 is 2.21 bits per heavy atom. The van der Waals surface area contributed by atoms with Crippen LogP contribution in [0.2, 0.25) is 0 Å². The summed E-state index contributed by atoms with van der Waals surface area (Å²) in [5.74, 6) is 1.83. The van der Waals surface area contributed by atoms with Crippen LogP contribution in [0, 0.1) is 12.8 Å². The number of aryl methyl sites for hydroxylation is 1. The van der Waals surface area contributed by atoms with E-state index in [1.807, 2.05) is 7.05 Å². The molecule has 2 rings (SSSR count). The summed E-state index contributed by atoms with van der Waals surface area (Å²) in [4.78, 5) is 7.29. The number of hydrogen-bond donors (Lipinski definition) is 1. The predicted octanol–water partition coefficient (Wildman–Crippen LogP) is 2.43. The van der Waals surface area contributed by atoms with Crippen molar-refractivity contribution in [1.29, 1.82) is 0 Å². The lowest BCUT2D eigenvalue weighted by Gasteiger charge is -2.37. The summed E-state index contributed by atoms with van der Waals surface area (Å²) in [5, 5.41) is 3.33. The molecule has 1 fully saturated rings. The van der Waals surface area contributed by atoms with Crippen molar-refractivity contribution in [3.05, 3.63) is 11.9 Å². The van der Waals surface area contributed by atoms with E-state index in [0.717, 1.165) is 25.3 Å². The van der Waals surface area contributed by atoms with E-state index in [9.17, 15) is 0 Å². The molecule has 4 nitrogen and oxygen atoms in total. The molecule has 0 saturated carbocycles. The second kappa shape index (κ2) is 6.42. The third-order valence-corrected chi connectivity index (χ3v) is 3.76. The lowest BCUT2D eigenvalue weighted by Crippen LogP contribution is -2.46. The molecule has 1 saturated heterocycles. The number of likely N-dealkylation sites (N-methyl/N-ethyl adjacent to an activating group) is 1. The zero-order chi connectivity index (χ0) is 13.8. The third kappa shape index (κ3) is 3.50. The van der Waals surface area contributed by atoms with E-state index in [2.05, 4.69) is 41.8 Å². The number of anilines is 1. The molecule has 0 spiro atoms. The fraction of sp³-hybridized carbons (Fsp3) is 0.800. The summed E-state index contributed by atoms with van der Waals surface area (Å²) < 4.78 is 2.34. The smallest absolute Gasteiger partial charge is 0.206 e. The maximum Gasteiger partial charge on any atom is 0.206 e. The van der Waals surface area contributed by atoms with Crippen molar-refractivity contribution in [3.63, 3.8) is 0 Å². The van der Waals surface area contributed by atoms with Crippen molar-refractivity contribution in [2.24, 2.45) is 5.92 Å². The first-order valence-corrected chi connectivity index (χ1v) is 7.56. The minimum absolute atomic E-state index is 0.589. The minimum Gasteiger partial charge on any atom is -0.338 e. The fourth-order valence-corrected chi connectivity index (χ4v) is 3.00. The molecule has 0 radical (unpaired) electrons. The summed E-state index contributed by atoms with van der Waals surface area (Å²) in [6, 6.07) is 0.589. The van der Waals surface area contributed by atoms with Gasteiger partial charge in [-0.05, 0) is 39.2 Å². The van der Waals surface area contributed by atoms with Gasteiger partial charge in [-0.2, -0.15) is 0 Å². The normalized spacial score (nSPS) is 20.3. The van der Waals surface area contributed by atoms with Crippen LogP contribution in [-0.2, 0) is 6.54 Å². The van der Waals surface area contributed by atoms with Crippen LogP contribution < -0.4 is 10.2 Å². The summed E-state index contributed by atoms with van der Waals surface area (Å²) in [6.07, 6.45) is 6.09. The topological polar surface area (TPSA) is 33.1 Å². The third-order valence-electron chi connectivity index (χ3n) is 3.76. The molecule has 2 heterocycles. The van der Waals surface area contributed by atoms with Crippen molar-refractivity contribution in [1.82, 2.24) is 14.9 Å². The zero-order valence-corrected chi connectivity index (χ0v) is 12.8. The van der Waals surface area contributed by atoms with Crippen molar-refractivity contribution in [2.45, 2.75) is 52.6 Å². The van der Waals surface area contributed by atoms with E-state index in [-0.39, 0.29) is 0 Å². The molecule has 0 amide bonds. The Morgan fingerprint density at radius 1 is 1.42 bits per heavy atom. The Bertz CT molecular complexity index is 395. The second-order valence-corrected chi connectivity index (χ2v) is 6.13. The van der Waals surface area contributed by atoms with Gasteiger partial charge < -0.3 is 14.8 Å². The molecule has 1 aromatic heterocycles. The van der Waals surface area contributed by atoms with Crippen LogP contribution in [0.5, 0.6) is 0 Å². The van der Waals surface area contributed by atoms with E-state index in [0.29, 0.717) is 12.0 Å². The minimum atomic E-state index is 0.589. The molecular weight excluding hydrogens is 236 g/mol.